The summed E-state index contributed by atoms with van der Waals surface area (Å²) in [7, 11) is 0. The Labute approximate surface area is 127 Å². The third-order valence-electron chi connectivity index (χ3n) is 4.13. The molecule has 22 heavy (non-hydrogen) atoms. The first-order valence-electron chi connectivity index (χ1n) is 7.59. The lowest BCUT2D eigenvalue weighted by Crippen LogP contribution is -2.49. The lowest BCUT2D eigenvalue weighted by Gasteiger charge is -2.34. The van der Waals surface area contributed by atoms with E-state index in [0.717, 1.165) is 31.7 Å². The third kappa shape index (κ3) is 2.54. The van der Waals surface area contributed by atoms with Crippen molar-refractivity contribution < 1.29 is 9.32 Å². The van der Waals surface area contributed by atoms with Gasteiger partial charge in [-0.15, -0.1) is 0 Å². The predicted octanol–water partition coefficient (Wildman–Crippen LogP) is 1.30. The maximum atomic E-state index is 12.5. The highest BCUT2D eigenvalue weighted by Gasteiger charge is 2.30. The van der Waals surface area contributed by atoms with Crippen molar-refractivity contribution >= 4 is 11.9 Å². The molecule has 7 heteroatoms. The van der Waals surface area contributed by atoms with Gasteiger partial charge in [-0.25, -0.2) is 9.97 Å². The molecule has 1 aliphatic carbocycles. The summed E-state index contributed by atoms with van der Waals surface area (Å²) >= 11 is 0. The highest BCUT2D eigenvalue weighted by molar-refractivity contribution is 5.92. The number of hydrogen-bond donors (Lipinski definition) is 0. The first kappa shape index (κ1) is 13.2. The van der Waals surface area contributed by atoms with Crippen molar-refractivity contribution in [2.24, 2.45) is 0 Å². The van der Waals surface area contributed by atoms with Crippen molar-refractivity contribution in [2.75, 3.05) is 31.1 Å². The third-order valence-corrected chi connectivity index (χ3v) is 4.13. The molecule has 2 fully saturated rings. The van der Waals surface area contributed by atoms with Crippen molar-refractivity contribution in [1.82, 2.24) is 20.0 Å². The molecule has 4 rings (SSSR count). The molecule has 1 saturated heterocycles. The van der Waals surface area contributed by atoms with Crippen molar-refractivity contribution in [3.8, 4) is 0 Å². The molecule has 1 aliphatic heterocycles. The van der Waals surface area contributed by atoms with Gasteiger partial charge in [0.15, 0.2) is 5.69 Å². The monoisotopic (exact) mass is 299 g/mol. The Balaban J connectivity index is 1.39. The van der Waals surface area contributed by atoms with Gasteiger partial charge in [0.05, 0.1) is 0 Å². The zero-order valence-corrected chi connectivity index (χ0v) is 12.2. The van der Waals surface area contributed by atoms with Gasteiger partial charge in [0.25, 0.3) is 5.91 Å². The summed E-state index contributed by atoms with van der Waals surface area (Å²) in [5, 5.41) is 3.93. The van der Waals surface area contributed by atoms with Crippen LogP contribution in [0.5, 0.6) is 0 Å². The summed E-state index contributed by atoms with van der Waals surface area (Å²) in [6.07, 6.45) is 5.74. The van der Waals surface area contributed by atoms with Crippen LogP contribution in [0.4, 0.5) is 5.95 Å². The minimum atomic E-state index is -0.0516. The molecule has 114 valence electrons. The van der Waals surface area contributed by atoms with Crippen molar-refractivity contribution in [3.63, 3.8) is 0 Å². The fourth-order valence-corrected chi connectivity index (χ4v) is 2.68. The summed E-state index contributed by atoms with van der Waals surface area (Å²) in [6.45, 7) is 2.73. The van der Waals surface area contributed by atoms with Gasteiger partial charge in [0, 0.05) is 50.6 Å². The molecule has 1 amide bonds. The Morgan fingerprint density at radius 3 is 2.55 bits per heavy atom. The van der Waals surface area contributed by atoms with Crippen LogP contribution in [0.2, 0.25) is 0 Å². The standard InChI is InChI=1S/C15H17N5O2/c21-14(12-10-13(22-18-12)11-2-3-11)19-6-8-20(9-7-19)15-16-4-1-5-17-15/h1,4-5,10-11H,2-3,6-9H2. The topological polar surface area (TPSA) is 75.4 Å². The number of aromatic nitrogens is 3. The molecule has 7 nitrogen and oxygen atoms in total. The fraction of sp³-hybridized carbons (Fsp3) is 0.467. The van der Waals surface area contributed by atoms with Crippen LogP contribution in [0.3, 0.4) is 0 Å². The molecule has 0 atom stereocenters. The van der Waals surface area contributed by atoms with E-state index >= 15 is 0 Å². The molecule has 0 N–H and O–H groups in total. The summed E-state index contributed by atoms with van der Waals surface area (Å²) in [4.78, 5) is 24.8. The second kappa shape index (κ2) is 5.40. The molecule has 0 radical (unpaired) electrons. The van der Waals surface area contributed by atoms with Crippen molar-refractivity contribution in [1.29, 1.82) is 0 Å². The molecular formula is C15H17N5O2. The summed E-state index contributed by atoms with van der Waals surface area (Å²) in [5.74, 6) is 1.98. The summed E-state index contributed by atoms with van der Waals surface area (Å²) in [5.41, 5.74) is 0.423. The Hall–Kier alpha value is -2.44. The summed E-state index contributed by atoms with van der Waals surface area (Å²) in [6, 6.07) is 3.60. The van der Waals surface area contributed by atoms with Gasteiger partial charge in [-0.05, 0) is 18.9 Å². The van der Waals surface area contributed by atoms with Gasteiger partial charge in [-0.2, -0.15) is 0 Å². The quantitative estimate of drug-likeness (QED) is 0.850. The number of amides is 1. The van der Waals surface area contributed by atoms with Crippen molar-refractivity contribution in [2.45, 2.75) is 18.8 Å². The molecule has 0 aromatic carbocycles. The van der Waals surface area contributed by atoms with Crippen LogP contribution in [0, 0.1) is 0 Å². The maximum absolute atomic E-state index is 12.5. The van der Waals surface area contributed by atoms with Crippen LogP contribution in [0.25, 0.3) is 0 Å². The van der Waals surface area contributed by atoms with E-state index in [2.05, 4.69) is 20.0 Å². The lowest BCUT2D eigenvalue weighted by molar-refractivity contribution is 0.0735. The molecule has 1 saturated carbocycles. The van der Waals surface area contributed by atoms with Gasteiger partial charge in [0.2, 0.25) is 5.95 Å². The van der Waals surface area contributed by atoms with Crippen LogP contribution >= 0.6 is 0 Å². The van der Waals surface area contributed by atoms with E-state index in [1.807, 2.05) is 4.90 Å². The van der Waals surface area contributed by atoms with E-state index in [0.29, 0.717) is 30.6 Å². The lowest BCUT2D eigenvalue weighted by atomic mass is 10.2. The Morgan fingerprint density at radius 2 is 1.86 bits per heavy atom. The largest absolute Gasteiger partial charge is 0.360 e. The molecule has 2 aromatic heterocycles. The molecule has 2 aliphatic rings. The van der Waals surface area contributed by atoms with E-state index in [1.165, 1.54) is 0 Å². The SMILES string of the molecule is O=C(c1cc(C2CC2)on1)N1CCN(c2ncccn2)CC1. The van der Waals surface area contributed by atoms with Crippen LogP contribution in [0.1, 0.15) is 35.0 Å². The number of carbonyl (C=O) groups excluding carboxylic acids is 1. The average Bonchev–Trinajstić information content (AvgIpc) is 3.32. The van der Waals surface area contributed by atoms with Crippen molar-refractivity contribution in [3.05, 3.63) is 36.0 Å². The minimum absolute atomic E-state index is 0.0516. The number of carbonyl (C=O) groups is 1. The second-order valence-corrected chi connectivity index (χ2v) is 5.72. The summed E-state index contributed by atoms with van der Waals surface area (Å²) < 4.78 is 5.26. The first-order chi connectivity index (χ1) is 10.8. The molecule has 3 heterocycles. The van der Waals surface area contributed by atoms with Crippen LogP contribution in [-0.2, 0) is 0 Å². The zero-order valence-electron chi connectivity index (χ0n) is 12.2. The predicted molar refractivity (Wildman–Crippen MR) is 78.6 cm³/mol. The molecule has 0 spiro atoms. The van der Waals surface area contributed by atoms with Gasteiger partial charge in [-0.1, -0.05) is 5.16 Å². The van der Waals surface area contributed by atoms with Gasteiger partial charge < -0.3 is 14.3 Å². The molecule has 2 aromatic rings. The van der Waals surface area contributed by atoms with E-state index in [1.54, 1.807) is 24.5 Å². The molecule has 0 bridgehead atoms. The zero-order chi connectivity index (χ0) is 14.9. The van der Waals surface area contributed by atoms with E-state index in [9.17, 15) is 4.79 Å². The number of piperazine rings is 1. The van der Waals surface area contributed by atoms with Crippen LogP contribution in [0.15, 0.2) is 29.0 Å². The number of rotatable bonds is 3. The van der Waals surface area contributed by atoms with Crippen LogP contribution in [-0.4, -0.2) is 52.1 Å². The van der Waals surface area contributed by atoms with Gasteiger partial charge in [-0.3, -0.25) is 4.79 Å². The highest BCUT2D eigenvalue weighted by atomic mass is 16.5. The number of anilines is 1. The van der Waals surface area contributed by atoms with E-state index in [-0.39, 0.29) is 5.91 Å². The van der Waals surface area contributed by atoms with Gasteiger partial charge in [0.1, 0.15) is 5.76 Å². The smallest absolute Gasteiger partial charge is 0.276 e. The maximum Gasteiger partial charge on any atom is 0.276 e. The average molecular weight is 299 g/mol. The molecular weight excluding hydrogens is 282 g/mol. The van der Waals surface area contributed by atoms with Gasteiger partial charge >= 0.3 is 0 Å². The fourth-order valence-electron chi connectivity index (χ4n) is 2.68. The highest BCUT2D eigenvalue weighted by Crippen LogP contribution is 2.40. The Kier molecular flexibility index (Phi) is 3.25. The van der Waals surface area contributed by atoms with Crippen LogP contribution < -0.4 is 4.90 Å². The Morgan fingerprint density at radius 1 is 1.14 bits per heavy atom. The molecule has 0 unspecified atom stereocenters. The normalized spacial score (nSPS) is 18.5. The Bertz CT molecular complexity index is 660. The number of hydrogen-bond acceptors (Lipinski definition) is 6. The van der Waals surface area contributed by atoms with E-state index < -0.39 is 0 Å². The second-order valence-electron chi connectivity index (χ2n) is 5.72. The minimum Gasteiger partial charge on any atom is -0.360 e. The first-order valence-corrected chi connectivity index (χ1v) is 7.59. The number of nitrogens with zero attached hydrogens (tertiary/aromatic N) is 5. The van der Waals surface area contributed by atoms with E-state index in [4.69, 9.17) is 4.52 Å².